The molecule has 1 fully saturated rings. The van der Waals surface area contributed by atoms with Crippen molar-refractivity contribution in [1.29, 1.82) is 0 Å². The molecule has 1 aromatic carbocycles. The number of aliphatic imine (C=N–C) groups is 1. The maximum atomic E-state index is 12.6. The first-order valence-electron chi connectivity index (χ1n) is 9.67. The van der Waals surface area contributed by atoms with Crippen molar-refractivity contribution < 1.29 is 19.1 Å². The van der Waals surface area contributed by atoms with Gasteiger partial charge in [0.25, 0.3) is 0 Å². The number of rotatable bonds is 5. The lowest BCUT2D eigenvalue weighted by Crippen LogP contribution is -2.38. The van der Waals surface area contributed by atoms with Crippen LogP contribution in [-0.4, -0.2) is 30.4 Å². The predicted molar refractivity (Wildman–Crippen MR) is 115 cm³/mol. The normalized spacial score (nSPS) is 17.1. The maximum absolute atomic E-state index is 12.6. The largest absolute Gasteiger partial charge is 0.462 e. The molecule has 5 nitrogen and oxygen atoms in total. The van der Waals surface area contributed by atoms with E-state index in [1.54, 1.807) is 6.92 Å². The summed E-state index contributed by atoms with van der Waals surface area (Å²) in [7, 11) is 0. The highest BCUT2D eigenvalue weighted by Crippen LogP contribution is 2.39. The van der Waals surface area contributed by atoms with Gasteiger partial charge in [-0.2, -0.15) is 0 Å². The van der Waals surface area contributed by atoms with Gasteiger partial charge in [-0.25, -0.2) is 9.79 Å². The molecule has 0 amide bonds. The van der Waals surface area contributed by atoms with E-state index in [1.807, 2.05) is 50.4 Å². The molecular formula is C23H25NO4S. The molecule has 1 aromatic heterocycles. The van der Waals surface area contributed by atoms with E-state index in [1.165, 1.54) is 17.6 Å². The molecule has 0 bridgehead atoms. The molecule has 2 aromatic rings. The van der Waals surface area contributed by atoms with Crippen LogP contribution in [0, 0.1) is 18.3 Å². The van der Waals surface area contributed by atoms with Gasteiger partial charge in [0, 0.05) is 30.0 Å². The Kier molecular flexibility index (Phi) is 6.13. The molecule has 0 N–H and O–H groups in total. The predicted octanol–water partition coefficient (Wildman–Crippen LogP) is 5.18. The standard InChI is InChI=1S/C23H25NO4S/c1-5-28-22(27)20-17(15-8-6-14(2)7-9-15)13-29-21(20)24-12-16-18(25)10-23(3,4)11-19(16)26/h6-9,12-13,16H,5,10-11H2,1-4H3. The summed E-state index contributed by atoms with van der Waals surface area (Å²) in [6, 6.07) is 7.85. The van der Waals surface area contributed by atoms with Crippen molar-refractivity contribution in [2.75, 3.05) is 6.61 Å². The number of carbonyl (C=O) groups excluding carboxylic acids is 3. The van der Waals surface area contributed by atoms with Crippen molar-refractivity contribution >= 4 is 40.1 Å². The molecule has 1 heterocycles. The van der Waals surface area contributed by atoms with Crippen molar-refractivity contribution in [2.24, 2.45) is 16.3 Å². The van der Waals surface area contributed by atoms with Gasteiger partial charge in [0.2, 0.25) is 0 Å². The highest BCUT2D eigenvalue weighted by Gasteiger charge is 2.38. The zero-order chi connectivity index (χ0) is 21.2. The Balaban J connectivity index is 1.96. The molecule has 0 unspecified atom stereocenters. The van der Waals surface area contributed by atoms with E-state index in [9.17, 15) is 14.4 Å². The highest BCUT2D eigenvalue weighted by atomic mass is 32.1. The number of carbonyl (C=O) groups is 3. The van der Waals surface area contributed by atoms with Crippen LogP contribution in [0.3, 0.4) is 0 Å². The Morgan fingerprint density at radius 1 is 1.21 bits per heavy atom. The van der Waals surface area contributed by atoms with Gasteiger partial charge in [0.1, 0.15) is 28.0 Å². The second-order valence-corrected chi connectivity index (χ2v) is 8.98. The second-order valence-electron chi connectivity index (χ2n) is 8.12. The molecule has 0 spiro atoms. The number of hydrogen-bond acceptors (Lipinski definition) is 6. The number of ether oxygens (including phenoxy) is 1. The summed E-state index contributed by atoms with van der Waals surface area (Å²) >= 11 is 1.30. The Morgan fingerprint density at radius 2 is 1.83 bits per heavy atom. The monoisotopic (exact) mass is 411 g/mol. The summed E-state index contributed by atoms with van der Waals surface area (Å²) in [6.45, 7) is 7.84. The Bertz CT molecular complexity index is 949. The molecule has 152 valence electrons. The topological polar surface area (TPSA) is 72.8 Å². The number of aryl methyl sites for hydroxylation is 1. The third-order valence-corrected chi connectivity index (χ3v) is 5.84. The molecule has 0 atom stereocenters. The summed E-state index contributed by atoms with van der Waals surface area (Å²) in [5.41, 5.74) is 2.81. The van der Waals surface area contributed by atoms with Crippen LogP contribution < -0.4 is 0 Å². The number of benzene rings is 1. The first-order valence-corrected chi connectivity index (χ1v) is 10.5. The average molecular weight is 412 g/mol. The third-order valence-electron chi connectivity index (χ3n) is 4.95. The van der Waals surface area contributed by atoms with E-state index in [-0.39, 0.29) is 23.6 Å². The van der Waals surface area contributed by atoms with E-state index in [2.05, 4.69) is 4.99 Å². The van der Waals surface area contributed by atoms with Crippen molar-refractivity contribution in [2.45, 2.75) is 40.5 Å². The fourth-order valence-electron chi connectivity index (χ4n) is 3.50. The fourth-order valence-corrected chi connectivity index (χ4v) is 4.42. The lowest BCUT2D eigenvalue weighted by atomic mass is 9.72. The molecule has 0 radical (unpaired) electrons. The lowest BCUT2D eigenvalue weighted by molar-refractivity contribution is -0.136. The lowest BCUT2D eigenvalue weighted by Gasteiger charge is -2.30. The molecule has 29 heavy (non-hydrogen) atoms. The smallest absolute Gasteiger partial charge is 0.341 e. The number of esters is 1. The molecule has 1 aliphatic rings. The van der Waals surface area contributed by atoms with Crippen molar-refractivity contribution in [3.63, 3.8) is 0 Å². The van der Waals surface area contributed by atoms with Gasteiger partial charge in [0.15, 0.2) is 0 Å². The van der Waals surface area contributed by atoms with E-state index >= 15 is 0 Å². The third kappa shape index (κ3) is 4.70. The average Bonchev–Trinajstić information content (AvgIpc) is 3.05. The van der Waals surface area contributed by atoms with Crippen molar-refractivity contribution in [3.05, 3.63) is 40.8 Å². The summed E-state index contributed by atoms with van der Waals surface area (Å²) in [4.78, 5) is 41.9. The number of hydrogen-bond donors (Lipinski definition) is 0. The van der Waals surface area contributed by atoms with Crippen LogP contribution in [0.15, 0.2) is 34.6 Å². The number of Topliss-reactive ketones (excluding diaryl/α,β-unsaturated/α-hetero) is 2. The van der Waals surface area contributed by atoms with Gasteiger partial charge in [-0.15, -0.1) is 11.3 Å². The Labute approximate surface area is 174 Å². The minimum Gasteiger partial charge on any atom is -0.462 e. The molecule has 6 heteroatoms. The summed E-state index contributed by atoms with van der Waals surface area (Å²) in [5, 5.41) is 2.31. The van der Waals surface area contributed by atoms with Crippen molar-refractivity contribution in [1.82, 2.24) is 0 Å². The quantitative estimate of drug-likeness (QED) is 0.386. The molecule has 1 saturated carbocycles. The van der Waals surface area contributed by atoms with Gasteiger partial charge in [-0.1, -0.05) is 43.7 Å². The van der Waals surface area contributed by atoms with Gasteiger partial charge in [-0.05, 0) is 24.8 Å². The van der Waals surface area contributed by atoms with E-state index < -0.39 is 11.9 Å². The van der Waals surface area contributed by atoms with Gasteiger partial charge < -0.3 is 4.74 Å². The van der Waals surface area contributed by atoms with Crippen LogP contribution in [0.25, 0.3) is 11.1 Å². The number of ketones is 2. The van der Waals surface area contributed by atoms with Gasteiger partial charge >= 0.3 is 5.97 Å². The molecular weight excluding hydrogens is 386 g/mol. The minimum atomic E-state index is -0.844. The SMILES string of the molecule is CCOC(=O)c1c(-c2ccc(C)cc2)csc1N=CC1C(=O)CC(C)(C)CC1=O. The highest BCUT2D eigenvalue weighted by molar-refractivity contribution is 7.14. The molecule has 3 rings (SSSR count). The van der Waals surface area contributed by atoms with Crippen LogP contribution in [0.2, 0.25) is 0 Å². The van der Waals surface area contributed by atoms with E-state index in [4.69, 9.17) is 4.74 Å². The van der Waals surface area contributed by atoms with Crippen LogP contribution >= 0.6 is 11.3 Å². The van der Waals surface area contributed by atoms with Crippen LogP contribution in [0.4, 0.5) is 5.00 Å². The zero-order valence-electron chi connectivity index (χ0n) is 17.2. The van der Waals surface area contributed by atoms with Crippen molar-refractivity contribution in [3.8, 4) is 11.1 Å². The molecule has 0 aliphatic heterocycles. The first-order chi connectivity index (χ1) is 13.7. The van der Waals surface area contributed by atoms with Crippen LogP contribution in [0.5, 0.6) is 0 Å². The van der Waals surface area contributed by atoms with Crippen LogP contribution in [0.1, 0.15) is 49.5 Å². The summed E-state index contributed by atoms with van der Waals surface area (Å²) in [6.07, 6.45) is 2.09. The Hall–Kier alpha value is -2.60. The van der Waals surface area contributed by atoms with Crippen LogP contribution in [-0.2, 0) is 14.3 Å². The fraction of sp³-hybridized carbons (Fsp3) is 0.391. The Morgan fingerprint density at radius 3 is 2.41 bits per heavy atom. The van der Waals surface area contributed by atoms with Gasteiger partial charge in [0.05, 0.1) is 6.61 Å². The van der Waals surface area contributed by atoms with E-state index in [0.29, 0.717) is 23.4 Å². The number of thiophene rings is 1. The van der Waals surface area contributed by atoms with E-state index in [0.717, 1.165) is 16.7 Å². The maximum Gasteiger partial charge on any atom is 0.341 e. The van der Waals surface area contributed by atoms with Gasteiger partial charge in [-0.3, -0.25) is 9.59 Å². The zero-order valence-corrected chi connectivity index (χ0v) is 18.0. The first kappa shape index (κ1) is 21.1. The molecule has 0 saturated heterocycles. The molecule has 1 aliphatic carbocycles. The summed E-state index contributed by atoms with van der Waals surface area (Å²) < 4.78 is 5.23. The number of nitrogens with zero attached hydrogens (tertiary/aromatic N) is 1. The summed E-state index contributed by atoms with van der Waals surface area (Å²) in [5.74, 6) is -1.55. The minimum absolute atomic E-state index is 0.122. The second kappa shape index (κ2) is 8.41.